The average Bonchev–Trinajstić information content (AvgIpc) is 3.20. The van der Waals surface area contributed by atoms with E-state index in [1.54, 1.807) is 18.6 Å². The first-order valence-corrected chi connectivity index (χ1v) is 7.44. The topological polar surface area (TPSA) is 75.7 Å². The number of pyridine rings is 1. The third kappa shape index (κ3) is 2.47. The van der Waals surface area contributed by atoms with Crippen molar-refractivity contribution in [2.45, 2.75) is 25.1 Å². The fraction of sp³-hybridized carbons (Fsp3) is 0.312. The van der Waals surface area contributed by atoms with Gasteiger partial charge < -0.3 is 15.0 Å². The number of aromatic nitrogens is 4. The van der Waals surface area contributed by atoms with Crippen molar-refractivity contribution in [3.8, 4) is 0 Å². The van der Waals surface area contributed by atoms with Crippen molar-refractivity contribution in [3.05, 3.63) is 54.2 Å². The van der Waals surface area contributed by atoms with E-state index in [4.69, 9.17) is 4.74 Å². The summed E-state index contributed by atoms with van der Waals surface area (Å²) in [5, 5.41) is 3.58. The third-order valence-corrected chi connectivity index (χ3v) is 4.04. The van der Waals surface area contributed by atoms with Crippen LogP contribution in [0.5, 0.6) is 0 Å². The lowest BCUT2D eigenvalue weighted by Crippen LogP contribution is -2.31. The van der Waals surface area contributed by atoms with E-state index in [9.17, 15) is 0 Å². The monoisotopic (exact) mass is 295 g/mol. The van der Waals surface area contributed by atoms with E-state index < -0.39 is 0 Å². The Hall–Kier alpha value is -2.31. The zero-order valence-corrected chi connectivity index (χ0v) is 12.1. The molecule has 2 N–H and O–H groups in total. The molecule has 0 radical (unpaired) electrons. The van der Waals surface area contributed by atoms with Crippen LogP contribution in [0, 0.1) is 0 Å². The Morgan fingerprint density at radius 2 is 2.23 bits per heavy atom. The Bertz CT molecular complexity index is 757. The fourth-order valence-electron chi connectivity index (χ4n) is 2.95. The number of fused-ring (bicyclic) bond motifs is 1. The first-order chi connectivity index (χ1) is 10.9. The average molecular weight is 295 g/mol. The Morgan fingerprint density at radius 1 is 1.27 bits per heavy atom. The number of nitrogens with one attached hydrogen (secondary N) is 2. The molecule has 6 nitrogen and oxygen atoms in total. The number of nitrogens with zero attached hydrogens (tertiary/aromatic N) is 3. The largest absolute Gasteiger partial charge is 0.372 e. The maximum absolute atomic E-state index is 5.87. The molecule has 2 atom stereocenters. The van der Waals surface area contributed by atoms with E-state index in [-0.39, 0.29) is 12.1 Å². The van der Waals surface area contributed by atoms with E-state index in [2.05, 4.69) is 31.3 Å². The van der Waals surface area contributed by atoms with Crippen LogP contribution in [0.2, 0.25) is 0 Å². The van der Waals surface area contributed by atoms with Gasteiger partial charge in [0.05, 0.1) is 6.10 Å². The summed E-state index contributed by atoms with van der Waals surface area (Å²) in [6.07, 6.45) is 10.1. The first-order valence-electron chi connectivity index (χ1n) is 7.44. The van der Waals surface area contributed by atoms with Crippen LogP contribution in [0.15, 0.2) is 43.1 Å². The highest BCUT2D eigenvalue weighted by Crippen LogP contribution is 2.29. The van der Waals surface area contributed by atoms with Crippen LogP contribution in [-0.4, -0.2) is 32.6 Å². The summed E-state index contributed by atoms with van der Waals surface area (Å²) in [4.78, 5) is 16.0. The van der Waals surface area contributed by atoms with Gasteiger partial charge in [0.2, 0.25) is 0 Å². The molecule has 112 valence electrons. The third-order valence-electron chi connectivity index (χ3n) is 4.04. The molecular formula is C16H17N5O. The number of hydrogen-bond acceptors (Lipinski definition) is 5. The van der Waals surface area contributed by atoms with Gasteiger partial charge in [-0.1, -0.05) is 6.07 Å². The minimum atomic E-state index is 0.0602. The zero-order valence-electron chi connectivity index (χ0n) is 12.1. The summed E-state index contributed by atoms with van der Waals surface area (Å²) in [5.74, 6) is 0. The molecule has 0 spiro atoms. The van der Waals surface area contributed by atoms with Crippen molar-refractivity contribution in [2.75, 3.05) is 6.61 Å². The number of H-pyrrole nitrogens is 1. The van der Waals surface area contributed by atoms with Crippen LogP contribution in [0.25, 0.3) is 11.2 Å². The molecule has 4 heterocycles. The van der Waals surface area contributed by atoms with Gasteiger partial charge >= 0.3 is 0 Å². The lowest BCUT2D eigenvalue weighted by atomic mass is 10.0. The van der Waals surface area contributed by atoms with Gasteiger partial charge in [0, 0.05) is 61.3 Å². The van der Waals surface area contributed by atoms with Crippen LogP contribution in [0.4, 0.5) is 0 Å². The van der Waals surface area contributed by atoms with Gasteiger partial charge in [-0.2, -0.15) is 0 Å². The van der Waals surface area contributed by atoms with Crippen molar-refractivity contribution >= 4 is 11.2 Å². The lowest BCUT2D eigenvalue weighted by Gasteiger charge is -2.19. The minimum Gasteiger partial charge on any atom is -0.372 e. The van der Waals surface area contributed by atoms with Gasteiger partial charge in [-0.3, -0.25) is 9.97 Å². The fourth-order valence-corrected chi connectivity index (χ4v) is 2.95. The Kier molecular flexibility index (Phi) is 3.54. The van der Waals surface area contributed by atoms with Crippen molar-refractivity contribution in [1.82, 2.24) is 25.3 Å². The van der Waals surface area contributed by atoms with Crippen LogP contribution in [-0.2, 0) is 11.3 Å². The van der Waals surface area contributed by atoms with E-state index in [0.29, 0.717) is 0 Å². The minimum absolute atomic E-state index is 0.0602. The second-order valence-corrected chi connectivity index (χ2v) is 5.42. The van der Waals surface area contributed by atoms with Gasteiger partial charge in [-0.15, -0.1) is 0 Å². The number of aromatic amines is 1. The van der Waals surface area contributed by atoms with E-state index in [1.165, 1.54) is 0 Å². The Morgan fingerprint density at radius 3 is 3.14 bits per heavy atom. The smallest absolute Gasteiger partial charge is 0.156 e. The summed E-state index contributed by atoms with van der Waals surface area (Å²) in [5.41, 5.74) is 3.99. The standard InChI is InChI=1S/C16H17N5O/c1-2-11(8-17-4-1)15-13(3-7-22-15)20-9-12-10-21-16-14(12)18-5-6-19-16/h1-2,4-6,8,10,13,15,20H,3,7,9H2,(H,19,21)/t13-,15+/m0/s1. The summed E-state index contributed by atoms with van der Waals surface area (Å²) in [6.45, 7) is 1.51. The SMILES string of the molecule is c1cncc([C@H]2OCC[C@@H]2NCc2c[nH]c3nccnc23)c1. The maximum Gasteiger partial charge on any atom is 0.156 e. The molecule has 1 aliphatic heterocycles. The highest BCUT2D eigenvalue weighted by atomic mass is 16.5. The second-order valence-electron chi connectivity index (χ2n) is 5.42. The van der Waals surface area contributed by atoms with Crippen molar-refractivity contribution in [2.24, 2.45) is 0 Å². The summed E-state index contributed by atoms with van der Waals surface area (Å²) in [7, 11) is 0. The van der Waals surface area contributed by atoms with E-state index in [0.717, 1.165) is 41.9 Å². The quantitative estimate of drug-likeness (QED) is 0.769. The molecule has 0 aliphatic carbocycles. The molecule has 0 aromatic carbocycles. The summed E-state index contributed by atoms with van der Waals surface area (Å²) in [6, 6.07) is 4.30. The molecule has 22 heavy (non-hydrogen) atoms. The van der Waals surface area contributed by atoms with E-state index >= 15 is 0 Å². The maximum atomic E-state index is 5.87. The number of ether oxygens (including phenoxy) is 1. The molecule has 0 saturated carbocycles. The molecular weight excluding hydrogens is 278 g/mol. The van der Waals surface area contributed by atoms with Crippen LogP contribution in [0.1, 0.15) is 23.7 Å². The Balaban J connectivity index is 1.49. The van der Waals surface area contributed by atoms with Gasteiger partial charge in [0.15, 0.2) is 5.65 Å². The molecule has 0 amide bonds. The predicted molar refractivity (Wildman–Crippen MR) is 82.1 cm³/mol. The van der Waals surface area contributed by atoms with Gasteiger partial charge in [-0.25, -0.2) is 4.98 Å². The molecule has 6 heteroatoms. The molecule has 1 fully saturated rings. The second kappa shape index (κ2) is 5.82. The molecule has 3 aromatic rings. The summed E-state index contributed by atoms with van der Waals surface area (Å²) >= 11 is 0. The van der Waals surface area contributed by atoms with Crippen LogP contribution >= 0.6 is 0 Å². The van der Waals surface area contributed by atoms with Crippen molar-refractivity contribution in [1.29, 1.82) is 0 Å². The van der Waals surface area contributed by atoms with Crippen LogP contribution in [0.3, 0.4) is 0 Å². The number of hydrogen-bond donors (Lipinski definition) is 2. The van der Waals surface area contributed by atoms with Crippen molar-refractivity contribution in [3.63, 3.8) is 0 Å². The Labute approximate surface area is 128 Å². The molecule has 0 unspecified atom stereocenters. The molecule has 4 rings (SSSR count). The molecule has 3 aromatic heterocycles. The van der Waals surface area contributed by atoms with Crippen LogP contribution < -0.4 is 5.32 Å². The predicted octanol–water partition coefficient (Wildman–Crippen LogP) is 1.97. The molecule has 0 bridgehead atoms. The van der Waals surface area contributed by atoms with Gasteiger partial charge in [-0.05, 0) is 12.5 Å². The lowest BCUT2D eigenvalue weighted by molar-refractivity contribution is 0.0982. The molecule has 1 aliphatic rings. The van der Waals surface area contributed by atoms with Crippen molar-refractivity contribution < 1.29 is 4.74 Å². The molecule has 1 saturated heterocycles. The van der Waals surface area contributed by atoms with E-state index in [1.807, 2.05) is 18.5 Å². The normalized spacial score (nSPS) is 21.5. The number of rotatable bonds is 4. The van der Waals surface area contributed by atoms with Gasteiger partial charge in [0.25, 0.3) is 0 Å². The zero-order chi connectivity index (χ0) is 14.8. The summed E-state index contributed by atoms with van der Waals surface area (Å²) < 4.78 is 5.87. The van der Waals surface area contributed by atoms with Gasteiger partial charge in [0.1, 0.15) is 5.52 Å². The highest BCUT2D eigenvalue weighted by Gasteiger charge is 2.29. The highest BCUT2D eigenvalue weighted by molar-refractivity contribution is 5.74. The first kappa shape index (κ1) is 13.4.